The SMILES string of the molecule is CC(C)(C)OC(=O)N[C@H]1CC[C@H](N(C(=O)O)c2cc(CCCc3ccc(Oc4ccc(CNCC(O[Si](C)(C)C(C)(C)C)c5ccc(O)c6[nH]c(=O)ccc56)cc4)cc3)ccc2-c2ccccc2)CC1. The van der Waals surface area contributed by atoms with Gasteiger partial charge in [0.2, 0.25) is 5.56 Å². The largest absolute Gasteiger partial charge is 0.506 e. The lowest BCUT2D eigenvalue weighted by Gasteiger charge is -2.39. The summed E-state index contributed by atoms with van der Waals surface area (Å²) < 4.78 is 18.7. The average Bonchev–Trinajstić information content (AvgIpc) is 3.30. The highest BCUT2D eigenvalue weighted by atomic mass is 28.4. The van der Waals surface area contributed by atoms with Crippen molar-refractivity contribution in [2.75, 3.05) is 11.4 Å². The van der Waals surface area contributed by atoms with Crippen molar-refractivity contribution in [1.82, 2.24) is 15.6 Å². The van der Waals surface area contributed by atoms with Crippen molar-refractivity contribution in [2.45, 2.75) is 135 Å². The minimum absolute atomic E-state index is 0.0203. The van der Waals surface area contributed by atoms with E-state index in [0.29, 0.717) is 50.0 Å². The maximum Gasteiger partial charge on any atom is 0.412 e. The van der Waals surface area contributed by atoms with Crippen LogP contribution in [-0.4, -0.2) is 59.9 Å². The van der Waals surface area contributed by atoms with Crippen molar-refractivity contribution in [3.05, 3.63) is 154 Å². The molecule has 13 heteroatoms. The van der Waals surface area contributed by atoms with Crippen LogP contribution < -0.4 is 25.8 Å². The number of alkyl carbamates (subject to hydrolysis) is 1. The van der Waals surface area contributed by atoms with Gasteiger partial charge in [-0.3, -0.25) is 9.69 Å². The van der Waals surface area contributed by atoms with Gasteiger partial charge in [0.05, 0.1) is 17.3 Å². The summed E-state index contributed by atoms with van der Waals surface area (Å²) >= 11 is 0. The third-order valence-corrected chi connectivity index (χ3v) is 18.1. The Balaban J connectivity index is 0.942. The molecular formula is C57H70N4O8Si. The lowest BCUT2D eigenvalue weighted by Crippen LogP contribution is -2.47. The second kappa shape index (κ2) is 22.1. The van der Waals surface area contributed by atoms with E-state index in [4.69, 9.17) is 13.9 Å². The number of phenols is 1. The van der Waals surface area contributed by atoms with Crippen LogP contribution in [-0.2, 0) is 28.5 Å². The summed E-state index contributed by atoms with van der Waals surface area (Å²) in [5.41, 5.74) is 6.32. The van der Waals surface area contributed by atoms with Crippen molar-refractivity contribution in [3.63, 3.8) is 0 Å². The molecule has 1 unspecified atom stereocenters. The van der Waals surface area contributed by atoms with E-state index in [1.165, 1.54) is 11.6 Å². The first-order chi connectivity index (χ1) is 33.2. The van der Waals surface area contributed by atoms with Crippen LogP contribution in [0.1, 0.15) is 102 Å². The third-order valence-electron chi connectivity index (χ3n) is 13.6. The van der Waals surface area contributed by atoms with Gasteiger partial charge >= 0.3 is 12.2 Å². The molecule has 1 fully saturated rings. The number of nitrogens with one attached hydrogen (secondary N) is 3. The van der Waals surface area contributed by atoms with Gasteiger partial charge in [0.15, 0.2) is 8.32 Å². The summed E-state index contributed by atoms with van der Waals surface area (Å²) in [6.07, 6.45) is 3.33. The van der Waals surface area contributed by atoms with Gasteiger partial charge in [-0.05, 0) is 154 Å². The summed E-state index contributed by atoms with van der Waals surface area (Å²) in [7, 11) is -2.21. The fraction of sp³-hybridized carbons (Fsp3) is 0.386. The minimum Gasteiger partial charge on any atom is -0.506 e. The highest BCUT2D eigenvalue weighted by molar-refractivity contribution is 6.74. The van der Waals surface area contributed by atoms with Gasteiger partial charge in [0, 0.05) is 42.2 Å². The van der Waals surface area contributed by atoms with E-state index < -0.39 is 26.1 Å². The zero-order valence-corrected chi connectivity index (χ0v) is 42.9. The number of rotatable bonds is 17. The van der Waals surface area contributed by atoms with Crippen molar-refractivity contribution >= 4 is 37.1 Å². The molecule has 0 spiro atoms. The summed E-state index contributed by atoms with van der Waals surface area (Å²) in [5, 5.41) is 28.6. The quantitative estimate of drug-likeness (QED) is 0.0560. The second-order valence-corrected chi connectivity index (χ2v) is 25.8. The molecule has 1 aromatic heterocycles. The molecule has 0 radical (unpaired) electrons. The first-order valence-electron chi connectivity index (χ1n) is 24.5. The van der Waals surface area contributed by atoms with Crippen molar-refractivity contribution < 1.29 is 33.7 Å². The number of anilines is 1. The van der Waals surface area contributed by atoms with Crippen LogP contribution in [0.3, 0.4) is 0 Å². The molecule has 1 aliphatic rings. The normalized spacial score (nSPS) is 15.8. The number of hydrogen-bond donors (Lipinski definition) is 5. The van der Waals surface area contributed by atoms with Crippen molar-refractivity contribution in [3.8, 4) is 28.4 Å². The number of pyridine rings is 1. The van der Waals surface area contributed by atoms with E-state index in [2.05, 4.69) is 73.7 Å². The van der Waals surface area contributed by atoms with Crippen LogP contribution in [0.15, 0.2) is 126 Å². The summed E-state index contributed by atoms with van der Waals surface area (Å²) in [6, 6.07) is 38.8. The summed E-state index contributed by atoms with van der Waals surface area (Å²) in [5.74, 6) is 1.50. The second-order valence-electron chi connectivity index (χ2n) is 21.0. The molecule has 2 amide bonds. The molecule has 12 nitrogen and oxygen atoms in total. The number of aromatic amines is 1. The molecule has 1 aliphatic carbocycles. The van der Waals surface area contributed by atoms with Gasteiger partial charge in [-0.25, -0.2) is 9.59 Å². The Labute approximate surface area is 413 Å². The van der Waals surface area contributed by atoms with E-state index in [0.717, 1.165) is 64.0 Å². The molecule has 1 heterocycles. The number of nitrogens with zero attached hydrogens (tertiary/aromatic N) is 1. The monoisotopic (exact) mass is 966 g/mol. The maximum atomic E-state index is 13.1. The first-order valence-corrected chi connectivity index (χ1v) is 27.4. The van der Waals surface area contributed by atoms with Gasteiger partial charge in [0.1, 0.15) is 22.8 Å². The molecule has 0 bridgehead atoms. The first kappa shape index (κ1) is 51.4. The number of ether oxygens (including phenoxy) is 2. The lowest BCUT2D eigenvalue weighted by atomic mass is 9.89. The van der Waals surface area contributed by atoms with Crippen LogP contribution >= 0.6 is 0 Å². The minimum atomic E-state index is -2.21. The fourth-order valence-corrected chi connectivity index (χ4v) is 10.1. The van der Waals surface area contributed by atoms with E-state index >= 15 is 0 Å². The Kier molecular flexibility index (Phi) is 16.3. The molecule has 5 N–H and O–H groups in total. The van der Waals surface area contributed by atoms with Crippen LogP contribution in [0, 0.1) is 0 Å². The molecule has 0 aliphatic heterocycles. The predicted octanol–water partition coefficient (Wildman–Crippen LogP) is 13.0. The lowest BCUT2D eigenvalue weighted by molar-refractivity contribution is 0.0490. The highest BCUT2D eigenvalue weighted by Gasteiger charge is 2.40. The summed E-state index contributed by atoms with van der Waals surface area (Å²) in [4.78, 5) is 42.0. The number of benzene rings is 5. The number of phenolic OH excluding ortho intramolecular Hbond substituents is 1. The topological polar surface area (TPSA) is 162 Å². The van der Waals surface area contributed by atoms with Gasteiger partial charge in [-0.2, -0.15) is 0 Å². The molecule has 5 aromatic carbocycles. The van der Waals surface area contributed by atoms with Gasteiger partial charge in [-0.1, -0.05) is 93.6 Å². The van der Waals surface area contributed by atoms with Gasteiger partial charge in [-0.15, -0.1) is 0 Å². The van der Waals surface area contributed by atoms with Crippen LogP contribution in [0.4, 0.5) is 15.3 Å². The number of H-pyrrole nitrogens is 1. The van der Waals surface area contributed by atoms with Gasteiger partial charge in [0.25, 0.3) is 0 Å². The number of aromatic nitrogens is 1. The van der Waals surface area contributed by atoms with Crippen molar-refractivity contribution in [1.29, 1.82) is 0 Å². The number of fused-ring (bicyclic) bond motifs is 1. The standard InChI is InChI=1S/C57H70N4O8Si/c1-56(2,3)68-54(64)59-42-22-24-43(25-23-42)61(55(65)66)49-35-39(21-30-46(49)41-15-10-9-11-16-41)14-12-13-38-17-26-44(27-18-38)67-45-28-19-40(20-29-45)36-58-37-51(69-70(7,8)57(4,5)6)47-31-33-50(62)53-48(47)32-34-52(63)60-53/h9-11,15-21,26-35,42-43,51,58,62H,12-14,22-25,36-37H2,1-8H3,(H,59,64)(H,60,63)(H,65,66)/t42-,43-,51?. The predicted molar refractivity (Wildman–Crippen MR) is 282 cm³/mol. The number of carbonyl (C=O) groups excluding carboxylic acids is 1. The smallest absolute Gasteiger partial charge is 0.412 e. The molecule has 1 saturated carbocycles. The van der Waals surface area contributed by atoms with E-state index in [9.17, 15) is 24.6 Å². The number of aryl methyl sites for hydroxylation is 2. The zero-order valence-electron chi connectivity index (χ0n) is 41.9. The Hall–Kier alpha value is -6.41. The molecule has 370 valence electrons. The zero-order chi connectivity index (χ0) is 50.2. The Morgan fingerprint density at radius 2 is 1.41 bits per heavy atom. The number of hydrogen-bond acceptors (Lipinski definition) is 8. The Morgan fingerprint density at radius 1 is 0.786 bits per heavy atom. The molecule has 6 aromatic rings. The number of amides is 2. The number of carboxylic acid groups (broad SMARTS) is 1. The van der Waals surface area contributed by atoms with Crippen molar-refractivity contribution in [2.24, 2.45) is 0 Å². The Morgan fingerprint density at radius 3 is 2.04 bits per heavy atom. The van der Waals surface area contributed by atoms with Gasteiger partial charge < -0.3 is 39.7 Å². The molecule has 1 atom stereocenters. The van der Waals surface area contributed by atoms with Crippen LogP contribution in [0.25, 0.3) is 22.0 Å². The molecule has 70 heavy (non-hydrogen) atoms. The molecular weight excluding hydrogens is 897 g/mol. The highest BCUT2D eigenvalue weighted by Crippen LogP contribution is 2.42. The summed E-state index contributed by atoms with van der Waals surface area (Å²) in [6.45, 7) is 17.7. The Bertz CT molecular complexity index is 2770. The molecule has 0 saturated heterocycles. The third kappa shape index (κ3) is 13.5. The number of aromatic hydroxyl groups is 1. The fourth-order valence-electron chi connectivity index (χ4n) is 8.87. The maximum absolute atomic E-state index is 13.1. The van der Waals surface area contributed by atoms with Crippen LogP contribution in [0.2, 0.25) is 18.1 Å². The van der Waals surface area contributed by atoms with Crippen LogP contribution in [0.5, 0.6) is 17.2 Å². The molecule has 7 rings (SSSR count). The van der Waals surface area contributed by atoms with E-state index in [1.54, 1.807) is 17.0 Å². The van der Waals surface area contributed by atoms with E-state index in [1.807, 2.05) is 99.6 Å². The number of carbonyl (C=O) groups is 2. The average molecular weight is 967 g/mol. The van der Waals surface area contributed by atoms with E-state index in [-0.39, 0.29) is 34.5 Å².